The number of aromatic nitrogens is 1. The van der Waals surface area contributed by atoms with Gasteiger partial charge in [-0.1, -0.05) is 32.4 Å². The maximum Gasteiger partial charge on any atom is 0.337 e. The molecule has 110 valence electrons. The van der Waals surface area contributed by atoms with Crippen LogP contribution in [0.15, 0.2) is 12.3 Å². The van der Waals surface area contributed by atoms with Gasteiger partial charge in [0.25, 0.3) is 0 Å². The van der Waals surface area contributed by atoms with Gasteiger partial charge < -0.3 is 10.0 Å². The van der Waals surface area contributed by atoms with Gasteiger partial charge in [0.2, 0.25) is 0 Å². The summed E-state index contributed by atoms with van der Waals surface area (Å²) in [6.45, 7) is 8.55. The summed E-state index contributed by atoms with van der Waals surface area (Å²) in [5, 5.41) is 9.35. The van der Waals surface area contributed by atoms with Crippen molar-refractivity contribution in [3.8, 4) is 0 Å². The topological polar surface area (TPSA) is 53.4 Å². The third-order valence-electron chi connectivity index (χ3n) is 4.12. The number of hydrogen-bond acceptors (Lipinski definition) is 3. The molecule has 0 saturated carbocycles. The van der Waals surface area contributed by atoms with Crippen molar-refractivity contribution in [3.63, 3.8) is 0 Å². The molecule has 2 heterocycles. The van der Waals surface area contributed by atoms with E-state index in [0.717, 1.165) is 25.9 Å². The van der Waals surface area contributed by atoms with Gasteiger partial charge >= 0.3 is 5.97 Å². The van der Waals surface area contributed by atoms with Gasteiger partial charge in [0.1, 0.15) is 5.82 Å². The molecule has 0 unspecified atom stereocenters. The zero-order chi connectivity index (χ0) is 14.9. The van der Waals surface area contributed by atoms with E-state index < -0.39 is 5.97 Å². The third-order valence-corrected chi connectivity index (χ3v) is 4.49. The average molecular weight is 297 g/mol. The summed E-state index contributed by atoms with van der Waals surface area (Å²) in [7, 11) is 0. The van der Waals surface area contributed by atoms with Gasteiger partial charge in [0, 0.05) is 19.3 Å². The molecule has 5 heteroatoms. The molecule has 1 fully saturated rings. The fourth-order valence-electron chi connectivity index (χ4n) is 2.78. The van der Waals surface area contributed by atoms with Crippen LogP contribution in [0.1, 0.15) is 44.0 Å². The molecule has 0 aliphatic carbocycles. The number of carboxylic acids is 1. The van der Waals surface area contributed by atoms with Crippen LogP contribution in [0.2, 0.25) is 5.02 Å². The van der Waals surface area contributed by atoms with E-state index in [4.69, 9.17) is 16.7 Å². The molecule has 1 aliphatic rings. The van der Waals surface area contributed by atoms with Crippen LogP contribution in [0.25, 0.3) is 0 Å². The van der Waals surface area contributed by atoms with Crippen LogP contribution in [0, 0.1) is 11.3 Å². The van der Waals surface area contributed by atoms with Gasteiger partial charge in [0.15, 0.2) is 0 Å². The highest BCUT2D eigenvalue weighted by Crippen LogP contribution is 2.37. The maximum absolute atomic E-state index is 11.1. The Morgan fingerprint density at radius 1 is 1.40 bits per heavy atom. The van der Waals surface area contributed by atoms with E-state index in [0.29, 0.717) is 17.2 Å². The summed E-state index contributed by atoms with van der Waals surface area (Å²) in [4.78, 5) is 17.5. The summed E-state index contributed by atoms with van der Waals surface area (Å²) in [5.74, 6) is 0.266. The van der Waals surface area contributed by atoms with Gasteiger partial charge in [-0.25, -0.2) is 9.78 Å². The Bertz CT molecular complexity index is 503. The highest BCUT2D eigenvalue weighted by molar-refractivity contribution is 6.35. The highest BCUT2D eigenvalue weighted by Gasteiger charge is 2.30. The van der Waals surface area contributed by atoms with E-state index >= 15 is 0 Å². The maximum atomic E-state index is 11.1. The summed E-state index contributed by atoms with van der Waals surface area (Å²) in [6.07, 6.45) is 3.68. The lowest BCUT2D eigenvalue weighted by atomic mass is 9.75. The molecule has 4 nitrogen and oxygen atoms in total. The summed E-state index contributed by atoms with van der Waals surface area (Å²) in [6, 6.07) is 1.44. The standard InChI is InChI=1S/C15H21ClN2O2/c1-15(2,3)10-5-8-18(9-6-10)13-12(16)11(14(19)20)4-7-17-13/h4,7,10H,5-6,8-9H2,1-3H3,(H,19,20). The lowest BCUT2D eigenvalue weighted by Crippen LogP contribution is -2.38. The SMILES string of the molecule is CC(C)(C)C1CCN(c2nccc(C(=O)O)c2Cl)CC1. The molecule has 0 aromatic carbocycles. The zero-order valence-corrected chi connectivity index (χ0v) is 12.9. The largest absolute Gasteiger partial charge is 0.478 e. The average Bonchev–Trinajstić information content (AvgIpc) is 2.38. The van der Waals surface area contributed by atoms with Crippen molar-refractivity contribution in [1.82, 2.24) is 4.98 Å². The number of nitrogens with zero attached hydrogens (tertiary/aromatic N) is 2. The predicted octanol–water partition coefficient (Wildman–Crippen LogP) is 3.70. The molecule has 0 atom stereocenters. The quantitative estimate of drug-likeness (QED) is 0.904. The van der Waals surface area contributed by atoms with E-state index in [2.05, 4.69) is 30.7 Å². The van der Waals surface area contributed by atoms with Gasteiger partial charge in [0.05, 0.1) is 10.6 Å². The normalized spacial score (nSPS) is 17.3. The molecule has 0 amide bonds. The molecule has 20 heavy (non-hydrogen) atoms. The fraction of sp³-hybridized carbons (Fsp3) is 0.600. The third kappa shape index (κ3) is 3.06. The van der Waals surface area contributed by atoms with Gasteiger partial charge in [-0.2, -0.15) is 0 Å². The Hall–Kier alpha value is -1.29. The zero-order valence-electron chi connectivity index (χ0n) is 12.2. The lowest BCUT2D eigenvalue weighted by molar-refractivity contribution is 0.0697. The van der Waals surface area contributed by atoms with Crippen LogP contribution in [-0.2, 0) is 0 Å². The molecule has 1 N–H and O–H groups in total. The highest BCUT2D eigenvalue weighted by atomic mass is 35.5. The van der Waals surface area contributed by atoms with Crippen LogP contribution in [0.3, 0.4) is 0 Å². The first-order valence-electron chi connectivity index (χ1n) is 6.93. The fourth-order valence-corrected chi connectivity index (χ4v) is 3.09. The number of piperidine rings is 1. The van der Waals surface area contributed by atoms with Crippen LogP contribution >= 0.6 is 11.6 Å². The Kier molecular flexibility index (Phi) is 4.23. The molecule has 0 bridgehead atoms. The Morgan fingerprint density at radius 2 is 2.00 bits per heavy atom. The Morgan fingerprint density at radius 3 is 2.50 bits per heavy atom. The molecule has 0 radical (unpaired) electrons. The first kappa shape index (κ1) is 15.1. The Labute approximate surface area is 124 Å². The second-order valence-corrected chi connectivity index (χ2v) is 6.81. The second-order valence-electron chi connectivity index (χ2n) is 6.43. The molecule has 1 saturated heterocycles. The minimum Gasteiger partial charge on any atom is -0.478 e. The second kappa shape index (κ2) is 5.60. The van der Waals surface area contributed by atoms with E-state index in [1.807, 2.05) is 0 Å². The molecular weight excluding hydrogens is 276 g/mol. The van der Waals surface area contributed by atoms with E-state index in [-0.39, 0.29) is 10.6 Å². The molecule has 1 aromatic rings. The molecule has 1 aromatic heterocycles. The predicted molar refractivity (Wildman–Crippen MR) is 80.6 cm³/mol. The minimum absolute atomic E-state index is 0.120. The minimum atomic E-state index is -1.01. The van der Waals surface area contributed by atoms with E-state index in [9.17, 15) is 4.79 Å². The van der Waals surface area contributed by atoms with Gasteiger partial charge in [-0.15, -0.1) is 0 Å². The van der Waals surface area contributed by atoms with Crippen molar-refractivity contribution >= 4 is 23.4 Å². The lowest BCUT2D eigenvalue weighted by Gasteiger charge is -2.39. The van der Waals surface area contributed by atoms with Crippen molar-refractivity contribution in [2.24, 2.45) is 11.3 Å². The molecule has 0 spiro atoms. The van der Waals surface area contributed by atoms with Crippen LogP contribution in [0.5, 0.6) is 0 Å². The molecular formula is C15H21ClN2O2. The number of aromatic carboxylic acids is 1. The first-order valence-corrected chi connectivity index (χ1v) is 7.31. The summed E-state index contributed by atoms with van der Waals surface area (Å²) < 4.78 is 0. The number of pyridine rings is 1. The van der Waals surface area contributed by atoms with Crippen LogP contribution in [0.4, 0.5) is 5.82 Å². The number of rotatable bonds is 2. The number of halogens is 1. The van der Waals surface area contributed by atoms with Gasteiger partial charge in [-0.05, 0) is 30.2 Å². The van der Waals surface area contributed by atoms with E-state index in [1.54, 1.807) is 0 Å². The number of hydrogen-bond donors (Lipinski definition) is 1. The van der Waals surface area contributed by atoms with E-state index in [1.165, 1.54) is 12.3 Å². The van der Waals surface area contributed by atoms with Crippen LogP contribution < -0.4 is 4.90 Å². The first-order chi connectivity index (χ1) is 9.30. The van der Waals surface area contributed by atoms with Crippen molar-refractivity contribution in [2.75, 3.05) is 18.0 Å². The van der Waals surface area contributed by atoms with Crippen LogP contribution in [-0.4, -0.2) is 29.1 Å². The smallest absolute Gasteiger partial charge is 0.337 e. The number of carbonyl (C=O) groups is 1. The van der Waals surface area contributed by atoms with Crippen molar-refractivity contribution in [1.29, 1.82) is 0 Å². The monoisotopic (exact) mass is 296 g/mol. The van der Waals surface area contributed by atoms with Gasteiger partial charge in [-0.3, -0.25) is 0 Å². The van der Waals surface area contributed by atoms with Crippen molar-refractivity contribution < 1.29 is 9.90 Å². The molecule has 2 rings (SSSR count). The summed E-state index contributed by atoms with van der Waals surface area (Å²) >= 11 is 6.18. The van der Waals surface area contributed by atoms with Crippen molar-refractivity contribution in [2.45, 2.75) is 33.6 Å². The Balaban J connectivity index is 2.15. The molecule has 1 aliphatic heterocycles. The number of carboxylic acid groups (broad SMARTS) is 1. The summed E-state index contributed by atoms with van der Waals surface area (Å²) in [5.41, 5.74) is 0.432. The number of anilines is 1. The van der Waals surface area contributed by atoms with Crippen molar-refractivity contribution in [3.05, 3.63) is 22.8 Å².